The molecule has 0 atom stereocenters. The van der Waals surface area contributed by atoms with Crippen LogP contribution in [0.4, 0.5) is 0 Å². The van der Waals surface area contributed by atoms with E-state index in [9.17, 15) is 4.79 Å². The molecule has 0 radical (unpaired) electrons. The fraction of sp³-hybridized carbons (Fsp3) is 0.136. The van der Waals surface area contributed by atoms with E-state index >= 15 is 0 Å². The lowest BCUT2D eigenvalue weighted by Crippen LogP contribution is -2.08. The molecular weight excluding hydrogens is 408 g/mol. The summed E-state index contributed by atoms with van der Waals surface area (Å²) in [4.78, 5) is 15.5. The van der Waals surface area contributed by atoms with Crippen molar-refractivity contribution in [2.24, 2.45) is 0 Å². The van der Waals surface area contributed by atoms with Crippen molar-refractivity contribution in [1.82, 2.24) is 0 Å². The first kappa shape index (κ1) is 18.7. The molecule has 0 aromatic heterocycles. The van der Waals surface area contributed by atoms with Gasteiger partial charge in [0.2, 0.25) is 0 Å². The predicted octanol–water partition coefficient (Wildman–Crippen LogP) is 5.86. The number of carbonyl (C=O) groups excluding carboxylic acids is 1. The fourth-order valence-corrected chi connectivity index (χ4v) is 4.92. The van der Waals surface area contributed by atoms with Gasteiger partial charge >= 0.3 is 5.97 Å². The average Bonchev–Trinajstić information content (AvgIpc) is 2.70. The smallest absolute Gasteiger partial charge is 0.311 e. The molecule has 0 unspecified atom stereocenters. The number of halogens is 1. The normalized spacial score (nSPS) is 10.7. The largest absolute Gasteiger partial charge is 0.427 e. The number of benzene rings is 3. The Balaban J connectivity index is 1.85. The molecular formula is C22H20BrO2S+. The van der Waals surface area contributed by atoms with Gasteiger partial charge in [-0.15, -0.1) is 0 Å². The summed E-state index contributed by atoms with van der Waals surface area (Å²) in [6, 6.07) is 28.8. The molecule has 4 heteroatoms. The van der Waals surface area contributed by atoms with Crippen molar-refractivity contribution in [3.8, 4) is 5.75 Å². The predicted molar refractivity (Wildman–Crippen MR) is 110 cm³/mol. The van der Waals surface area contributed by atoms with Crippen LogP contribution >= 0.6 is 15.9 Å². The minimum absolute atomic E-state index is 0.187. The fourth-order valence-electron chi connectivity index (χ4n) is 2.56. The maximum Gasteiger partial charge on any atom is 0.311 e. The monoisotopic (exact) mass is 427 g/mol. The van der Waals surface area contributed by atoms with Crippen molar-refractivity contribution in [2.75, 3.05) is 5.33 Å². The highest BCUT2D eigenvalue weighted by molar-refractivity contribution is 9.09. The molecule has 0 bridgehead atoms. The second-order valence-electron chi connectivity index (χ2n) is 5.67. The molecule has 0 saturated carbocycles. The Morgan fingerprint density at radius 3 is 1.77 bits per heavy atom. The van der Waals surface area contributed by atoms with Gasteiger partial charge in [-0.1, -0.05) is 52.3 Å². The number of carbonyl (C=O) groups is 1. The summed E-state index contributed by atoms with van der Waals surface area (Å²) in [7, 11) is -0.187. The van der Waals surface area contributed by atoms with Crippen LogP contribution in [0.25, 0.3) is 0 Å². The summed E-state index contributed by atoms with van der Waals surface area (Å²) in [6.45, 7) is 0. The van der Waals surface area contributed by atoms with Crippen molar-refractivity contribution < 1.29 is 9.53 Å². The molecule has 3 rings (SSSR count). The van der Waals surface area contributed by atoms with Crippen LogP contribution < -0.4 is 4.74 Å². The molecule has 132 valence electrons. The number of alkyl halides is 1. The number of ether oxygens (including phenoxy) is 1. The van der Waals surface area contributed by atoms with Gasteiger partial charge in [0.05, 0.1) is 10.9 Å². The summed E-state index contributed by atoms with van der Waals surface area (Å²) in [5, 5.41) is 0.804. The third kappa shape index (κ3) is 4.99. The molecule has 0 heterocycles. The van der Waals surface area contributed by atoms with Crippen LogP contribution in [0, 0.1) is 0 Å². The first-order valence-corrected chi connectivity index (χ1v) is 10.8. The molecule has 0 aliphatic heterocycles. The minimum Gasteiger partial charge on any atom is -0.427 e. The maximum absolute atomic E-state index is 11.8. The summed E-state index contributed by atoms with van der Waals surface area (Å²) >= 11 is 3.33. The lowest BCUT2D eigenvalue weighted by atomic mass is 10.3. The van der Waals surface area contributed by atoms with Crippen LogP contribution in [0.1, 0.15) is 12.8 Å². The number of esters is 1. The number of hydrogen-bond donors (Lipinski definition) is 0. The van der Waals surface area contributed by atoms with Gasteiger partial charge in [-0.2, -0.15) is 0 Å². The van der Waals surface area contributed by atoms with E-state index in [1.807, 2.05) is 24.3 Å². The van der Waals surface area contributed by atoms with Crippen LogP contribution in [0.3, 0.4) is 0 Å². The van der Waals surface area contributed by atoms with E-state index in [1.165, 1.54) is 14.7 Å². The summed E-state index contributed by atoms with van der Waals surface area (Å²) in [6.07, 6.45) is 1.20. The van der Waals surface area contributed by atoms with Crippen molar-refractivity contribution in [2.45, 2.75) is 27.5 Å². The van der Waals surface area contributed by atoms with Crippen LogP contribution in [-0.4, -0.2) is 11.3 Å². The molecule has 0 spiro atoms. The molecule has 0 fully saturated rings. The van der Waals surface area contributed by atoms with Gasteiger partial charge in [0.1, 0.15) is 5.75 Å². The second kappa shape index (κ2) is 9.60. The van der Waals surface area contributed by atoms with Crippen LogP contribution in [0.5, 0.6) is 5.75 Å². The number of hydrogen-bond acceptors (Lipinski definition) is 2. The Hall–Kier alpha value is -2.04. The average molecular weight is 428 g/mol. The molecule has 0 amide bonds. The third-order valence-corrected chi connectivity index (χ3v) is 6.55. The van der Waals surface area contributed by atoms with Gasteiger partial charge in [0, 0.05) is 11.8 Å². The first-order valence-electron chi connectivity index (χ1n) is 8.49. The van der Waals surface area contributed by atoms with Crippen LogP contribution in [0.15, 0.2) is 99.6 Å². The van der Waals surface area contributed by atoms with Crippen molar-refractivity contribution in [1.29, 1.82) is 0 Å². The van der Waals surface area contributed by atoms with Crippen LogP contribution in [0.2, 0.25) is 0 Å². The Bertz CT molecular complexity index is 780. The van der Waals surface area contributed by atoms with Crippen LogP contribution in [-0.2, 0) is 15.7 Å². The van der Waals surface area contributed by atoms with Gasteiger partial charge in [-0.3, -0.25) is 4.79 Å². The van der Waals surface area contributed by atoms with E-state index in [4.69, 9.17) is 4.74 Å². The Labute approximate surface area is 165 Å². The lowest BCUT2D eigenvalue weighted by molar-refractivity contribution is -0.134. The molecule has 0 saturated heterocycles. The molecule has 0 N–H and O–H groups in total. The molecule has 2 nitrogen and oxygen atoms in total. The molecule has 0 aliphatic rings. The Morgan fingerprint density at radius 2 is 1.27 bits per heavy atom. The number of rotatable bonds is 7. The van der Waals surface area contributed by atoms with Crippen molar-refractivity contribution in [3.05, 3.63) is 84.9 Å². The van der Waals surface area contributed by atoms with E-state index in [0.717, 1.165) is 11.8 Å². The second-order valence-corrected chi connectivity index (χ2v) is 8.49. The first-order chi connectivity index (χ1) is 12.8. The molecule has 0 aliphatic carbocycles. The Kier molecular flexibility index (Phi) is 6.92. The lowest BCUT2D eigenvalue weighted by Gasteiger charge is -2.09. The van der Waals surface area contributed by atoms with Gasteiger partial charge < -0.3 is 4.74 Å². The highest BCUT2D eigenvalue weighted by atomic mass is 79.9. The zero-order chi connectivity index (χ0) is 18.2. The highest BCUT2D eigenvalue weighted by Gasteiger charge is 2.28. The third-order valence-electron chi connectivity index (χ3n) is 3.76. The topological polar surface area (TPSA) is 26.3 Å². The van der Waals surface area contributed by atoms with E-state index < -0.39 is 0 Å². The summed E-state index contributed by atoms with van der Waals surface area (Å²) < 4.78 is 5.41. The van der Waals surface area contributed by atoms with Crippen molar-refractivity contribution in [3.63, 3.8) is 0 Å². The van der Waals surface area contributed by atoms with E-state index in [1.54, 1.807) is 0 Å². The van der Waals surface area contributed by atoms with Gasteiger partial charge in [-0.25, -0.2) is 0 Å². The minimum atomic E-state index is -0.192. The standard InChI is InChI=1S/C22H20BrO2S/c23-17-7-12-22(24)25-18-13-15-21(16-14-18)26(19-8-3-1-4-9-19)20-10-5-2-6-11-20/h1-6,8-11,13-16H,7,12,17H2/q+1. The molecule has 26 heavy (non-hydrogen) atoms. The molecule has 3 aromatic rings. The van der Waals surface area contributed by atoms with E-state index in [-0.39, 0.29) is 16.9 Å². The van der Waals surface area contributed by atoms with Crippen molar-refractivity contribution >= 4 is 32.8 Å². The SMILES string of the molecule is O=C(CCCBr)Oc1ccc([S+](c2ccccc2)c2ccccc2)cc1. The van der Waals surface area contributed by atoms with Gasteiger partial charge in [-0.05, 0) is 55.0 Å². The molecule has 3 aromatic carbocycles. The van der Waals surface area contributed by atoms with Gasteiger partial charge in [0.25, 0.3) is 0 Å². The maximum atomic E-state index is 11.8. The quantitative estimate of drug-likeness (QED) is 0.204. The van der Waals surface area contributed by atoms with E-state index in [0.29, 0.717) is 12.2 Å². The summed E-state index contributed by atoms with van der Waals surface area (Å²) in [5.74, 6) is 0.403. The van der Waals surface area contributed by atoms with Gasteiger partial charge in [0.15, 0.2) is 14.7 Å². The van der Waals surface area contributed by atoms with E-state index in [2.05, 4.69) is 76.6 Å². The zero-order valence-corrected chi connectivity index (χ0v) is 16.7. The summed E-state index contributed by atoms with van der Waals surface area (Å²) in [5.41, 5.74) is 0. The Morgan fingerprint density at radius 1 is 0.769 bits per heavy atom. The highest BCUT2D eigenvalue weighted by Crippen LogP contribution is 2.31. The zero-order valence-electron chi connectivity index (χ0n) is 14.3.